The molecule has 1 heterocycles. The van der Waals surface area contributed by atoms with Crippen LogP contribution in [0.15, 0.2) is 33.5 Å². The van der Waals surface area contributed by atoms with Crippen molar-refractivity contribution in [2.45, 2.75) is 27.2 Å². The van der Waals surface area contributed by atoms with E-state index in [0.29, 0.717) is 12.0 Å². The number of benzene rings is 2. The van der Waals surface area contributed by atoms with E-state index in [1.54, 1.807) is 6.92 Å². The minimum Gasteiger partial charge on any atom is -0.504 e. The quantitative estimate of drug-likeness (QED) is 0.504. The highest BCUT2D eigenvalue weighted by atomic mass is 16.4. The molecule has 4 N–H and O–H groups in total. The fourth-order valence-electron chi connectivity index (χ4n) is 3.26. The van der Waals surface area contributed by atoms with Gasteiger partial charge in [0, 0.05) is 5.56 Å². The van der Waals surface area contributed by atoms with Crippen molar-refractivity contribution in [2.24, 2.45) is 5.92 Å². The van der Waals surface area contributed by atoms with Gasteiger partial charge in [-0.15, -0.1) is 0 Å². The first kappa shape index (κ1) is 19.3. The van der Waals surface area contributed by atoms with Crippen LogP contribution in [0.1, 0.15) is 35.5 Å². The van der Waals surface area contributed by atoms with Gasteiger partial charge < -0.3 is 24.8 Å². The van der Waals surface area contributed by atoms with E-state index in [1.807, 2.05) is 13.8 Å². The lowest BCUT2D eigenvalue weighted by Gasteiger charge is -2.15. The maximum Gasteiger partial charge on any atom is 0.335 e. The molecule has 7 nitrogen and oxygen atoms in total. The summed E-state index contributed by atoms with van der Waals surface area (Å²) in [5.41, 5.74) is 0.301. The molecule has 0 aliphatic carbocycles. The largest absolute Gasteiger partial charge is 0.504 e. The smallest absolute Gasteiger partial charge is 0.335 e. The Labute approximate surface area is 160 Å². The van der Waals surface area contributed by atoms with E-state index < -0.39 is 28.6 Å². The predicted molar refractivity (Wildman–Crippen MR) is 103 cm³/mol. The molecule has 146 valence electrons. The summed E-state index contributed by atoms with van der Waals surface area (Å²) in [7, 11) is 0. The normalized spacial score (nSPS) is 11.3. The third kappa shape index (κ3) is 3.05. The fraction of sp³-hybridized carbons (Fsp3) is 0.238. The van der Waals surface area contributed by atoms with Crippen LogP contribution < -0.4 is 5.43 Å². The van der Waals surface area contributed by atoms with Gasteiger partial charge in [0.1, 0.15) is 16.7 Å². The molecule has 3 rings (SSSR count). The number of phenolic OH excluding ortho intramolecular Hbond substituents is 3. The molecule has 0 amide bonds. The van der Waals surface area contributed by atoms with E-state index in [2.05, 4.69) is 0 Å². The Morgan fingerprint density at radius 1 is 1.04 bits per heavy atom. The fourth-order valence-corrected chi connectivity index (χ4v) is 3.26. The highest BCUT2D eigenvalue weighted by molar-refractivity contribution is 5.94. The van der Waals surface area contributed by atoms with E-state index in [4.69, 9.17) is 9.52 Å². The van der Waals surface area contributed by atoms with E-state index in [1.165, 1.54) is 24.3 Å². The number of aromatic hydroxyl groups is 3. The predicted octanol–water partition coefficient (Wildman–Crippen LogP) is 3.78. The molecule has 7 heteroatoms. The molecule has 0 saturated heterocycles. The number of fused-ring (bicyclic) bond motifs is 1. The number of rotatable bonds is 4. The number of phenols is 3. The Morgan fingerprint density at radius 3 is 2.18 bits per heavy atom. The average Bonchev–Trinajstić information content (AvgIpc) is 2.63. The van der Waals surface area contributed by atoms with Gasteiger partial charge in [0.25, 0.3) is 0 Å². The second-order valence-corrected chi connectivity index (χ2v) is 7.07. The second kappa shape index (κ2) is 6.92. The maximum absolute atomic E-state index is 13.2. The average molecular weight is 384 g/mol. The molecular weight excluding hydrogens is 364 g/mol. The zero-order chi connectivity index (χ0) is 20.7. The number of carbonyl (C=O) groups is 1. The van der Waals surface area contributed by atoms with Crippen molar-refractivity contribution in [3.63, 3.8) is 0 Å². The highest BCUT2D eigenvalue weighted by Crippen LogP contribution is 2.45. The molecular formula is C21H20O7. The van der Waals surface area contributed by atoms with Crippen molar-refractivity contribution in [3.8, 4) is 28.4 Å². The molecule has 3 aromatic rings. The molecule has 2 aromatic carbocycles. The van der Waals surface area contributed by atoms with Gasteiger partial charge in [-0.25, -0.2) is 4.79 Å². The Balaban J connectivity index is 2.36. The third-order valence-electron chi connectivity index (χ3n) is 4.57. The lowest BCUT2D eigenvalue weighted by atomic mass is 9.95. The molecule has 0 spiro atoms. The Kier molecular flexibility index (Phi) is 4.77. The summed E-state index contributed by atoms with van der Waals surface area (Å²) in [6.07, 6.45) is 0.325. The van der Waals surface area contributed by atoms with Gasteiger partial charge in [-0.3, -0.25) is 4.79 Å². The van der Waals surface area contributed by atoms with E-state index >= 15 is 0 Å². The van der Waals surface area contributed by atoms with Crippen molar-refractivity contribution in [1.29, 1.82) is 0 Å². The van der Waals surface area contributed by atoms with Crippen LogP contribution in [0.25, 0.3) is 22.1 Å². The lowest BCUT2D eigenvalue weighted by Crippen LogP contribution is -2.10. The van der Waals surface area contributed by atoms with Crippen LogP contribution >= 0.6 is 0 Å². The topological polar surface area (TPSA) is 128 Å². The number of aromatic carboxylic acids is 1. The summed E-state index contributed by atoms with van der Waals surface area (Å²) in [5, 5.41) is 39.5. The summed E-state index contributed by atoms with van der Waals surface area (Å²) < 4.78 is 5.81. The zero-order valence-electron chi connectivity index (χ0n) is 15.6. The molecule has 1 aromatic heterocycles. The molecule has 0 atom stereocenters. The van der Waals surface area contributed by atoms with Gasteiger partial charge in [-0.05, 0) is 37.0 Å². The number of carboxylic acids is 1. The molecule has 0 aliphatic rings. The maximum atomic E-state index is 13.2. The highest BCUT2D eigenvalue weighted by Gasteiger charge is 2.25. The molecule has 0 saturated carbocycles. The van der Waals surface area contributed by atoms with Gasteiger partial charge >= 0.3 is 5.97 Å². The molecule has 0 bridgehead atoms. The molecule has 0 unspecified atom stereocenters. The molecule has 0 radical (unpaired) electrons. The summed E-state index contributed by atoms with van der Waals surface area (Å²) >= 11 is 0. The van der Waals surface area contributed by atoms with E-state index in [-0.39, 0.29) is 39.3 Å². The van der Waals surface area contributed by atoms with Crippen LogP contribution in [0, 0.1) is 12.8 Å². The monoisotopic (exact) mass is 384 g/mol. The summed E-state index contributed by atoms with van der Waals surface area (Å²) in [6.45, 7) is 5.37. The Bertz CT molecular complexity index is 1140. The second-order valence-electron chi connectivity index (χ2n) is 7.07. The van der Waals surface area contributed by atoms with Crippen LogP contribution in [0.3, 0.4) is 0 Å². The van der Waals surface area contributed by atoms with Gasteiger partial charge in [-0.2, -0.15) is 0 Å². The SMILES string of the molecule is Cc1oc2c(CC(C)C)c(O)c(O)c(O)c2c(=O)c1-c1ccc(C(=O)O)cc1. The lowest BCUT2D eigenvalue weighted by molar-refractivity contribution is 0.0697. The van der Waals surface area contributed by atoms with Gasteiger partial charge in [-0.1, -0.05) is 26.0 Å². The summed E-state index contributed by atoms with van der Waals surface area (Å²) in [4.78, 5) is 24.2. The van der Waals surface area contributed by atoms with Gasteiger partial charge in [0.05, 0.1) is 11.1 Å². The Morgan fingerprint density at radius 2 is 1.64 bits per heavy atom. The minimum absolute atomic E-state index is 0.0231. The summed E-state index contributed by atoms with van der Waals surface area (Å²) in [5.74, 6) is -2.80. The van der Waals surface area contributed by atoms with Crippen LogP contribution in [-0.2, 0) is 6.42 Å². The van der Waals surface area contributed by atoms with Crippen molar-refractivity contribution in [3.05, 3.63) is 51.4 Å². The van der Waals surface area contributed by atoms with Gasteiger partial charge in [0.2, 0.25) is 11.2 Å². The van der Waals surface area contributed by atoms with Crippen LogP contribution in [0.2, 0.25) is 0 Å². The van der Waals surface area contributed by atoms with E-state index in [0.717, 1.165) is 0 Å². The number of carboxylic acid groups (broad SMARTS) is 1. The van der Waals surface area contributed by atoms with Gasteiger partial charge in [0.15, 0.2) is 11.5 Å². The van der Waals surface area contributed by atoms with Crippen molar-refractivity contribution < 1.29 is 29.6 Å². The number of aryl methyl sites for hydroxylation is 1. The number of hydrogen-bond acceptors (Lipinski definition) is 6. The van der Waals surface area contributed by atoms with Crippen molar-refractivity contribution in [1.82, 2.24) is 0 Å². The first-order valence-electron chi connectivity index (χ1n) is 8.70. The molecule has 28 heavy (non-hydrogen) atoms. The summed E-state index contributed by atoms with van der Waals surface area (Å²) in [6, 6.07) is 5.67. The third-order valence-corrected chi connectivity index (χ3v) is 4.57. The van der Waals surface area contributed by atoms with Crippen LogP contribution in [-0.4, -0.2) is 26.4 Å². The number of hydrogen-bond donors (Lipinski definition) is 4. The zero-order valence-corrected chi connectivity index (χ0v) is 15.6. The first-order chi connectivity index (χ1) is 13.1. The first-order valence-corrected chi connectivity index (χ1v) is 8.70. The minimum atomic E-state index is -1.09. The van der Waals surface area contributed by atoms with E-state index in [9.17, 15) is 24.9 Å². The van der Waals surface area contributed by atoms with Crippen LogP contribution in [0.5, 0.6) is 17.2 Å². The van der Waals surface area contributed by atoms with Crippen molar-refractivity contribution in [2.75, 3.05) is 0 Å². The van der Waals surface area contributed by atoms with Crippen molar-refractivity contribution >= 4 is 16.9 Å². The standard InChI is InChI=1S/C21H20O7/c1-9(2)8-13-16(22)19(25)18(24)15-17(23)14(10(3)28-20(13)15)11-4-6-12(7-5-11)21(26)27/h4-7,9,22,24-25H,8H2,1-3H3,(H,26,27). The Hall–Kier alpha value is -3.48. The molecule has 0 fully saturated rings. The van der Waals surface area contributed by atoms with Crippen LogP contribution in [0.4, 0.5) is 0 Å². The molecule has 0 aliphatic heterocycles.